The monoisotopic (exact) mass is 253 g/mol. The van der Waals surface area contributed by atoms with E-state index in [9.17, 15) is 0 Å². The van der Waals surface area contributed by atoms with E-state index in [1.807, 2.05) is 30.3 Å². The molecule has 4 nitrogen and oxygen atoms in total. The molecule has 96 valence electrons. The predicted molar refractivity (Wildman–Crippen MR) is 79.8 cm³/mol. The predicted octanol–water partition coefficient (Wildman–Crippen LogP) is 3.81. The van der Waals surface area contributed by atoms with Gasteiger partial charge in [-0.25, -0.2) is 4.98 Å². The van der Waals surface area contributed by atoms with Crippen LogP contribution in [0.25, 0.3) is 6.08 Å². The molecule has 4 heteroatoms. The number of nitrogens with one attached hydrogen (secondary N) is 1. The first kappa shape index (κ1) is 12.8. The smallest absolute Gasteiger partial charge is 0.173 e. The molecule has 1 aromatic heterocycles. The van der Waals surface area contributed by atoms with Gasteiger partial charge in [-0.2, -0.15) is 0 Å². The molecule has 0 bridgehead atoms. The number of aliphatic imine (C=N–C) groups is 1. The summed E-state index contributed by atoms with van der Waals surface area (Å²) in [5.41, 5.74) is 2.60. The van der Waals surface area contributed by atoms with Crippen LogP contribution in [0.2, 0.25) is 0 Å². The second-order valence-electron chi connectivity index (χ2n) is 3.82. The van der Waals surface area contributed by atoms with E-state index >= 15 is 0 Å². The molecule has 0 atom stereocenters. The van der Waals surface area contributed by atoms with Crippen LogP contribution in [0.1, 0.15) is 5.56 Å². The Kier molecular flexibility index (Phi) is 3.93. The minimum atomic E-state index is 0.666. The molecule has 0 saturated carbocycles. The molecule has 19 heavy (non-hydrogen) atoms. The number of nitrogens with zero attached hydrogens (tertiary/aromatic N) is 2. The molecular weight excluding hydrogens is 238 g/mol. The van der Waals surface area contributed by atoms with E-state index in [0.717, 1.165) is 16.9 Å². The average molecular weight is 253 g/mol. The Balaban J connectivity index is 2.33. The van der Waals surface area contributed by atoms with Crippen LogP contribution < -0.4 is 10.1 Å². The van der Waals surface area contributed by atoms with Crippen molar-refractivity contribution in [1.82, 2.24) is 4.98 Å². The molecule has 0 radical (unpaired) electrons. The molecule has 1 N–H and O–H groups in total. The number of aromatic nitrogens is 1. The third-order valence-corrected chi connectivity index (χ3v) is 2.67. The minimum absolute atomic E-state index is 0.666. The van der Waals surface area contributed by atoms with Gasteiger partial charge in [-0.1, -0.05) is 12.7 Å². The summed E-state index contributed by atoms with van der Waals surface area (Å²) in [4.78, 5) is 8.18. The van der Waals surface area contributed by atoms with Gasteiger partial charge < -0.3 is 10.1 Å². The lowest BCUT2D eigenvalue weighted by Gasteiger charge is -2.11. The molecule has 1 heterocycles. The molecule has 0 unspecified atom stereocenters. The van der Waals surface area contributed by atoms with Crippen LogP contribution >= 0.6 is 0 Å². The Morgan fingerprint density at radius 1 is 1.37 bits per heavy atom. The largest absolute Gasteiger partial charge is 0.493 e. The van der Waals surface area contributed by atoms with E-state index in [4.69, 9.17) is 4.74 Å². The molecular formula is C15H15N3O. The van der Waals surface area contributed by atoms with Gasteiger partial charge in [0.25, 0.3) is 0 Å². The van der Waals surface area contributed by atoms with Gasteiger partial charge in [0.1, 0.15) is 0 Å². The second-order valence-corrected chi connectivity index (χ2v) is 3.82. The van der Waals surface area contributed by atoms with Crippen LogP contribution in [0.3, 0.4) is 0 Å². The topological polar surface area (TPSA) is 46.5 Å². The van der Waals surface area contributed by atoms with Gasteiger partial charge in [0.05, 0.1) is 12.8 Å². The number of benzene rings is 1. The van der Waals surface area contributed by atoms with Gasteiger partial charge in [0.15, 0.2) is 11.6 Å². The highest BCUT2D eigenvalue weighted by atomic mass is 16.5. The number of pyridine rings is 1. The number of methoxy groups -OCH3 is 1. The number of rotatable bonds is 5. The van der Waals surface area contributed by atoms with E-state index in [2.05, 4.69) is 28.6 Å². The van der Waals surface area contributed by atoms with E-state index in [-0.39, 0.29) is 0 Å². The highest BCUT2D eigenvalue weighted by Gasteiger charge is 2.05. The van der Waals surface area contributed by atoms with Crippen molar-refractivity contribution in [2.75, 3.05) is 12.4 Å². The van der Waals surface area contributed by atoms with Crippen molar-refractivity contribution in [3.63, 3.8) is 0 Å². The summed E-state index contributed by atoms with van der Waals surface area (Å²) in [7, 11) is 1.61. The lowest BCUT2D eigenvalue weighted by Crippen LogP contribution is -1.97. The number of ether oxygens (including phenoxy) is 1. The molecule has 1 aromatic carbocycles. The summed E-state index contributed by atoms with van der Waals surface area (Å²) in [5, 5.41) is 3.20. The highest BCUT2D eigenvalue weighted by molar-refractivity contribution is 5.72. The summed E-state index contributed by atoms with van der Waals surface area (Å²) >= 11 is 0. The minimum Gasteiger partial charge on any atom is -0.493 e. The van der Waals surface area contributed by atoms with Gasteiger partial charge in [-0.15, -0.1) is 0 Å². The Bertz CT molecular complexity index is 608. The van der Waals surface area contributed by atoms with Crippen LogP contribution in [0.15, 0.2) is 48.1 Å². The quantitative estimate of drug-likeness (QED) is 0.824. The van der Waals surface area contributed by atoms with Gasteiger partial charge in [-0.05, 0) is 37.0 Å². The number of hydrogen-bond acceptors (Lipinski definition) is 4. The number of anilines is 2. The van der Waals surface area contributed by atoms with Crippen LogP contribution in [0, 0.1) is 0 Å². The SMILES string of the molecule is C=Cc1cc(Nc2ncccc2OC)ccc1N=C. The molecule has 0 spiro atoms. The van der Waals surface area contributed by atoms with Crippen molar-refractivity contribution in [2.24, 2.45) is 4.99 Å². The maximum absolute atomic E-state index is 5.25. The molecule has 0 aliphatic carbocycles. The summed E-state index contributed by atoms with van der Waals surface area (Å²) in [6.07, 6.45) is 3.45. The zero-order valence-electron chi connectivity index (χ0n) is 10.8. The zero-order chi connectivity index (χ0) is 13.7. The first-order valence-corrected chi connectivity index (χ1v) is 5.77. The Morgan fingerprint density at radius 2 is 2.21 bits per heavy atom. The zero-order valence-corrected chi connectivity index (χ0v) is 10.8. The molecule has 0 aliphatic rings. The van der Waals surface area contributed by atoms with Gasteiger partial charge >= 0.3 is 0 Å². The average Bonchev–Trinajstić information content (AvgIpc) is 2.47. The normalized spacial score (nSPS) is 9.74. The van der Waals surface area contributed by atoms with Crippen LogP contribution in [-0.2, 0) is 0 Å². The maximum Gasteiger partial charge on any atom is 0.173 e. The van der Waals surface area contributed by atoms with Crippen LogP contribution in [0.4, 0.5) is 17.2 Å². The van der Waals surface area contributed by atoms with Crippen molar-refractivity contribution < 1.29 is 4.74 Å². The Labute approximate surface area is 112 Å². The van der Waals surface area contributed by atoms with E-state index in [1.54, 1.807) is 19.4 Å². The molecule has 0 fully saturated rings. The molecule has 0 amide bonds. The van der Waals surface area contributed by atoms with Crippen LogP contribution in [0.5, 0.6) is 5.75 Å². The summed E-state index contributed by atoms with van der Waals surface area (Å²) in [6.45, 7) is 7.30. The van der Waals surface area contributed by atoms with E-state index in [1.165, 1.54) is 0 Å². The fourth-order valence-electron chi connectivity index (χ4n) is 1.73. The first-order chi connectivity index (χ1) is 9.28. The number of hydrogen-bond donors (Lipinski definition) is 1. The van der Waals surface area contributed by atoms with Crippen LogP contribution in [-0.4, -0.2) is 18.8 Å². The maximum atomic E-state index is 5.25. The standard InChI is InChI=1S/C15H15N3O/c1-4-11-10-12(7-8-13(11)16-2)18-15-14(19-3)6-5-9-17-15/h4-10H,1-2H2,3H3,(H,17,18). The summed E-state index contributed by atoms with van der Waals surface area (Å²) in [5.74, 6) is 1.35. The van der Waals surface area contributed by atoms with E-state index < -0.39 is 0 Å². The molecule has 2 aromatic rings. The molecule has 0 aliphatic heterocycles. The summed E-state index contributed by atoms with van der Waals surface area (Å²) in [6, 6.07) is 9.39. The van der Waals surface area contributed by atoms with Crippen molar-refractivity contribution in [3.05, 3.63) is 48.7 Å². The van der Waals surface area contributed by atoms with Crippen molar-refractivity contribution in [2.45, 2.75) is 0 Å². The molecule has 2 rings (SSSR count). The van der Waals surface area contributed by atoms with Crippen molar-refractivity contribution in [3.8, 4) is 5.75 Å². The fraction of sp³-hybridized carbons (Fsp3) is 0.0667. The lowest BCUT2D eigenvalue weighted by atomic mass is 10.1. The first-order valence-electron chi connectivity index (χ1n) is 5.77. The summed E-state index contributed by atoms with van der Waals surface area (Å²) < 4.78 is 5.25. The third-order valence-electron chi connectivity index (χ3n) is 2.67. The van der Waals surface area contributed by atoms with Gasteiger partial charge in [0, 0.05) is 17.4 Å². The van der Waals surface area contributed by atoms with Gasteiger partial charge in [-0.3, -0.25) is 4.99 Å². The van der Waals surface area contributed by atoms with Crippen molar-refractivity contribution >= 4 is 30.0 Å². The lowest BCUT2D eigenvalue weighted by molar-refractivity contribution is 0.415. The van der Waals surface area contributed by atoms with E-state index in [0.29, 0.717) is 11.6 Å². The highest BCUT2D eigenvalue weighted by Crippen LogP contribution is 2.28. The Morgan fingerprint density at radius 3 is 2.89 bits per heavy atom. The van der Waals surface area contributed by atoms with Gasteiger partial charge in [0.2, 0.25) is 0 Å². The third kappa shape index (κ3) is 2.80. The Hall–Kier alpha value is -2.62. The van der Waals surface area contributed by atoms with Crippen molar-refractivity contribution in [1.29, 1.82) is 0 Å². The molecule has 0 saturated heterocycles. The second kappa shape index (κ2) is 5.82. The fourth-order valence-corrected chi connectivity index (χ4v) is 1.73.